The van der Waals surface area contributed by atoms with E-state index in [1.165, 1.54) is 64.1 Å². The monoisotopic (exact) mass is 496 g/mol. The molecule has 1 unspecified atom stereocenters. The number of aryl methyl sites for hydroxylation is 1. The van der Waals surface area contributed by atoms with Crippen LogP contribution in [0.4, 0.5) is 0 Å². The fourth-order valence-electron chi connectivity index (χ4n) is 5.92. The summed E-state index contributed by atoms with van der Waals surface area (Å²) in [6.07, 6.45) is 9.99. The van der Waals surface area contributed by atoms with Crippen LogP contribution in [0.3, 0.4) is 0 Å². The Balaban J connectivity index is 0.00000153. The van der Waals surface area contributed by atoms with E-state index >= 15 is 0 Å². The van der Waals surface area contributed by atoms with Gasteiger partial charge < -0.3 is 24.3 Å². The highest BCUT2D eigenvalue weighted by Crippen LogP contribution is 2.36. The zero-order valence-corrected chi connectivity index (χ0v) is 21.4. The quantitative estimate of drug-likeness (QED) is 0.662. The maximum atomic E-state index is 5.48. The van der Waals surface area contributed by atoms with Crippen molar-refractivity contribution in [2.75, 3.05) is 40.4 Å². The third-order valence-electron chi connectivity index (χ3n) is 7.77. The summed E-state index contributed by atoms with van der Waals surface area (Å²) in [6, 6.07) is 6.88. The average molecular weight is 498 g/mol. The summed E-state index contributed by atoms with van der Waals surface area (Å²) in [5.74, 6) is 4.39. The van der Waals surface area contributed by atoms with Crippen molar-refractivity contribution in [2.45, 2.75) is 51.1 Å². The van der Waals surface area contributed by atoms with Crippen LogP contribution >= 0.6 is 24.8 Å². The zero-order valence-electron chi connectivity index (χ0n) is 19.8. The molecular formula is C25H38Cl2N4O2. The Morgan fingerprint density at radius 1 is 0.909 bits per heavy atom. The number of methoxy groups -OCH3 is 2. The molecule has 184 valence electrons. The normalized spacial score (nSPS) is 22.1. The van der Waals surface area contributed by atoms with Crippen LogP contribution in [0, 0.1) is 11.8 Å². The van der Waals surface area contributed by atoms with Crippen LogP contribution in [-0.4, -0.2) is 60.9 Å². The highest BCUT2D eigenvalue weighted by atomic mass is 35.5. The highest BCUT2D eigenvalue weighted by Gasteiger charge is 2.32. The van der Waals surface area contributed by atoms with Crippen molar-refractivity contribution in [2.24, 2.45) is 11.8 Å². The van der Waals surface area contributed by atoms with E-state index in [0.717, 1.165) is 53.6 Å². The molecule has 1 N–H and O–H groups in total. The molecule has 3 aliphatic rings. The van der Waals surface area contributed by atoms with Gasteiger partial charge in [-0.3, -0.25) is 0 Å². The van der Waals surface area contributed by atoms with Gasteiger partial charge in [0.05, 0.1) is 19.9 Å². The standard InChI is InChI=1S/C25H36N4O2.2ClH/c1-30-23-5-3-19(15-24(23)31-2)22-17-29-16-20(4-6-25(29)27-22)18-9-13-28(14-10-18)21-7-11-26-12-8-21;;/h3,5,15,17-18,20-21,26H,4,6-14,16H2,1-2H3;2*1H. The Labute approximate surface area is 210 Å². The van der Waals surface area contributed by atoms with Gasteiger partial charge >= 0.3 is 0 Å². The fourth-order valence-corrected chi connectivity index (χ4v) is 5.92. The molecule has 0 radical (unpaired) electrons. The van der Waals surface area contributed by atoms with Gasteiger partial charge in [-0.05, 0) is 88.3 Å². The highest BCUT2D eigenvalue weighted by molar-refractivity contribution is 5.85. The van der Waals surface area contributed by atoms with E-state index in [9.17, 15) is 0 Å². The molecule has 2 aromatic rings. The summed E-state index contributed by atoms with van der Waals surface area (Å²) in [5, 5.41) is 3.50. The topological polar surface area (TPSA) is 51.5 Å². The molecule has 8 heteroatoms. The number of likely N-dealkylation sites (tertiary alicyclic amines) is 1. The second kappa shape index (κ2) is 11.8. The van der Waals surface area contributed by atoms with Crippen LogP contribution in [0.5, 0.6) is 11.5 Å². The first kappa shape index (κ1) is 26.1. The number of benzene rings is 1. The molecule has 0 aliphatic carbocycles. The lowest BCUT2D eigenvalue weighted by Crippen LogP contribution is -2.47. The van der Waals surface area contributed by atoms with Gasteiger partial charge in [-0.25, -0.2) is 4.98 Å². The van der Waals surface area contributed by atoms with E-state index in [1.54, 1.807) is 14.2 Å². The molecule has 2 saturated heterocycles. The Kier molecular flexibility index (Phi) is 9.34. The fraction of sp³-hybridized carbons (Fsp3) is 0.640. The van der Waals surface area contributed by atoms with Gasteiger partial charge in [0, 0.05) is 30.8 Å². The van der Waals surface area contributed by atoms with Crippen molar-refractivity contribution in [3.8, 4) is 22.8 Å². The third-order valence-corrected chi connectivity index (χ3v) is 7.77. The Bertz CT molecular complexity index is 893. The predicted octanol–water partition coefficient (Wildman–Crippen LogP) is 4.44. The van der Waals surface area contributed by atoms with Crippen molar-refractivity contribution < 1.29 is 9.47 Å². The first-order chi connectivity index (χ1) is 15.2. The van der Waals surface area contributed by atoms with Gasteiger partial charge in [0.15, 0.2) is 11.5 Å². The molecule has 0 amide bonds. The van der Waals surface area contributed by atoms with Gasteiger partial charge in [0.1, 0.15) is 5.82 Å². The van der Waals surface area contributed by atoms with E-state index in [1.807, 2.05) is 12.1 Å². The van der Waals surface area contributed by atoms with Crippen molar-refractivity contribution in [3.05, 3.63) is 30.2 Å². The molecule has 0 saturated carbocycles. The molecule has 2 fully saturated rings. The van der Waals surface area contributed by atoms with Crippen LogP contribution in [0.25, 0.3) is 11.3 Å². The molecule has 6 nitrogen and oxygen atoms in total. The Morgan fingerprint density at radius 2 is 1.64 bits per heavy atom. The second-order valence-electron chi connectivity index (χ2n) is 9.42. The number of ether oxygens (including phenoxy) is 2. The lowest BCUT2D eigenvalue weighted by Gasteiger charge is -2.42. The SMILES string of the molecule is COc1ccc(-c2cn3c(n2)CCC(C2CCN(C4CCNCC4)CC2)C3)cc1OC.Cl.Cl. The van der Waals surface area contributed by atoms with E-state index < -0.39 is 0 Å². The van der Waals surface area contributed by atoms with E-state index in [-0.39, 0.29) is 24.8 Å². The largest absolute Gasteiger partial charge is 0.493 e. The summed E-state index contributed by atoms with van der Waals surface area (Å²) in [7, 11) is 3.35. The lowest BCUT2D eigenvalue weighted by atomic mass is 9.79. The smallest absolute Gasteiger partial charge is 0.161 e. The average Bonchev–Trinajstić information content (AvgIpc) is 3.28. The van der Waals surface area contributed by atoms with Gasteiger partial charge in [0.25, 0.3) is 0 Å². The second-order valence-corrected chi connectivity index (χ2v) is 9.42. The molecule has 33 heavy (non-hydrogen) atoms. The number of aromatic nitrogens is 2. The molecule has 0 bridgehead atoms. The number of halogens is 2. The van der Waals surface area contributed by atoms with Crippen molar-refractivity contribution in [1.82, 2.24) is 19.8 Å². The third kappa shape index (κ3) is 5.61. The van der Waals surface area contributed by atoms with Crippen molar-refractivity contribution >= 4 is 24.8 Å². The molecule has 1 atom stereocenters. The minimum absolute atomic E-state index is 0. The van der Waals surface area contributed by atoms with Crippen molar-refractivity contribution in [1.29, 1.82) is 0 Å². The molecular weight excluding hydrogens is 459 g/mol. The molecule has 1 aromatic carbocycles. The maximum Gasteiger partial charge on any atom is 0.161 e. The van der Waals surface area contributed by atoms with Crippen molar-refractivity contribution in [3.63, 3.8) is 0 Å². The molecule has 0 spiro atoms. The van der Waals surface area contributed by atoms with Crippen LogP contribution in [0.15, 0.2) is 24.4 Å². The minimum atomic E-state index is 0. The number of rotatable bonds is 5. The van der Waals surface area contributed by atoms with E-state index in [2.05, 4.69) is 27.0 Å². The predicted molar refractivity (Wildman–Crippen MR) is 137 cm³/mol. The summed E-state index contributed by atoms with van der Waals surface area (Å²) in [4.78, 5) is 7.73. The maximum absolute atomic E-state index is 5.48. The zero-order chi connectivity index (χ0) is 21.2. The first-order valence-corrected chi connectivity index (χ1v) is 12.0. The Morgan fingerprint density at radius 3 is 2.33 bits per heavy atom. The number of imidazole rings is 1. The van der Waals surface area contributed by atoms with E-state index in [0.29, 0.717) is 0 Å². The van der Waals surface area contributed by atoms with Crippen LogP contribution in [0.1, 0.15) is 37.9 Å². The lowest BCUT2D eigenvalue weighted by molar-refractivity contribution is 0.0815. The summed E-state index contributed by atoms with van der Waals surface area (Å²) < 4.78 is 13.3. The van der Waals surface area contributed by atoms with Gasteiger partial charge in [-0.15, -0.1) is 24.8 Å². The van der Waals surface area contributed by atoms with Gasteiger partial charge in [0.2, 0.25) is 0 Å². The van der Waals surface area contributed by atoms with Crippen LogP contribution in [-0.2, 0) is 13.0 Å². The van der Waals surface area contributed by atoms with Crippen LogP contribution < -0.4 is 14.8 Å². The number of hydrogen-bond acceptors (Lipinski definition) is 5. The molecule has 5 rings (SSSR count). The van der Waals surface area contributed by atoms with E-state index in [4.69, 9.17) is 14.5 Å². The minimum Gasteiger partial charge on any atom is -0.493 e. The Hall–Kier alpha value is -1.47. The molecule has 1 aromatic heterocycles. The number of hydrogen-bond donors (Lipinski definition) is 1. The number of fused-ring (bicyclic) bond motifs is 1. The number of piperidine rings is 2. The number of nitrogens with zero attached hydrogens (tertiary/aromatic N) is 3. The summed E-state index contributed by atoms with van der Waals surface area (Å²) in [5.41, 5.74) is 2.13. The van der Waals surface area contributed by atoms with Crippen LogP contribution in [0.2, 0.25) is 0 Å². The van der Waals surface area contributed by atoms with Gasteiger partial charge in [-0.2, -0.15) is 0 Å². The number of nitrogens with one attached hydrogen (secondary N) is 1. The molecule has 3 aliphatic heterocycles. The molecule has 4 heterocycles. The summed E-state index contributed by atoms with van der Waals surface area (Å²) >= 11 is 0. The first-order valence-electron chi connectivity index (χ1n) is 12.0. The van der Waals surface area contributed by atoms with Gasteiger partial charge in [-0.1, -0.05) is 0 Å². The summed E-state index contributed by atoms with van der Waals surface area (Å²) in [6.45, 7) is 6.09.